The first-order valence-electron chi connectivity index (χ1n) is 11.7. The molecule has 0 aliphatic carbocycles. The van der Waals surface area contributed by atoms with Crippen molar-refractivity contribution in [3.63, 3.8) is 0 Å². The average Bonchev–Trinajstić information content (AvgIpc) is 3.39. The van der Waals surface area contributed by atoms with Crippen molar-refractivity contribution >= 4 is 40.3 Å². The third-order valence-corrected chi connectivity index (χ3v) is 6.55. The first kappa shape index (κ1) is 25.6. The lowest BCUT2D eigenvalue weighted by Gasteiger charge is -2.36. The van der Waals surface area contributed by atoms with Crippen LogP contribution in [0, 0.1) is 11.3 Å². The second kappa shape index (κ2) is 10.4. The number of ether oxygens (including phenoxy) is 2. The number of hydrogen-bond donors (Lipinski definition) is 1. The summed E-state index contributed by atoms with van der Waals surface area (Å²) >= 11 is 6.08. The van der Waals surface area contributed by atoms with E-state index in [1.807, 2.05) is 0 Å². The van der Waals surface area contributed by atoms with E-state index in [2.05, 4.69) is 11.1 Å². The molecule has 0 fully saturated rings. The summed E-state index contributed by atoms with van der Waals surface area (Å²) in [4.78, 5) is 32.3. The van der Waals surface area contributed by atoms with Gasteiger partial charge in [-0.1, -0.05) is 48.0 Å². The van der Waals surface area contributed by atoms with Crippen LogP contribution in [0.2, 0.25) is 5.02 Å². The van der Waals surface area contributed by atoms with Crippen LogP contribution in [0.15, 0.2) is 99.9 Å². The monoisotopic (exact) mass is 540 g/mol. The average molecular weight is 541 g/mol. The van der Waals surface area contributed by atoms with Gasteiger partial charge in [-0.15, -0.1) is 0 Å². The number of nitrogens with two attached hydrogens (primary N) is 1. The fourth-order valence-corrected chi connectivity index (χ4v) is 4.74. The number of fused-ring (bicyclic) bond motifs is 1. The van der Waals surface area contributed by atoms with Crippen LogP contribution < -0.4 is 10.6 Å². The van der Waals surface area contributed by atoms with Crippen LogP contribution in [-0.2, 0) is 19.1 Å². The largest absolute Gasteiger partial charge is 0.466 e. The number of allylic oxidation sites excluding steroid dienone is 1. The van der Waals surface area contributed by atoms with Gasteiger partial charge in [-0.3, -0.25) is 4.90 Å². The van der Waals surface area contributed by atoms with E-state index < -0.39 is 17.9 Å². The summed E-state index contributed by atoms with van der Waals surface area (Å²) in [6.45, 7) is 0. The van der Waals surface area contributed by atoms with Crippen molar-refractivity contribution in [2.75, 3.05) is 19.1 Å². The zero-order valence-electron chi connectivity index (χ0n) is 20.8. The van der Waals surface area contributed by atoms with E-state index in [0.29, 0.717) is 38.8 Å². The minimum atomic E-state index is -0.959. The highest BCUT2D eigenvalue weighted by atomic mass is 35.5. The third kappa shape index (κ3) is 4.47. The summed E-state index contributed by atoms with van der Waals surface area (Å²) in [6, 6.07) is 22.9. The Morgan fingerprint density at radius 3 is 2.46 bits per heavy atom. The topological polar surface area (TPSA) is 132 Å². The molecule has 2 N–H and O–H groups in total. The van der Waals surface area contributed by atoms with E-state index in [0.717, 1.165) is 0 Å². The Bertz CT molecular complexity index is 1720. The molecule has 0 saturated heterocycles. The van der Waals surface area contributed by atoms with Gasteiger partial charge in [-0.05, 0) is 35.9 Å². The SMILES string of the molecule is COC(=O)C1=C(C(=O)OC)N(c2cccc(-c3nc4ccc(Cl)cc4o3)c2)C(N)=C(C#N)C1c1ccccc1. The molecule has 0 saturated carbocycles. The number of aromatic nitrogens is 1. The maximum absolute atomic E-state index is 13.3. The number of anilines is 1. The van der Waals surface area contributed by atoms with E-state index in [1.54, 1.807) is 72.8 Å². The molecule has 0 amide bonds. The number of nitrogens with zero attached hydrogens (tertiary/aromatic N) is 3. The van der Waals surface area contributed by atoms with Gasteiger partial charge in [0.25, 0.3) is 0 Å². The molecule has 39 heavy (non-hydrogen) atoms. The van der Waals surface area contributed by atoms with Gasteiger partial charge in [0.2, 0.25) is 5.89 Å². The number of esters is 2. The summed E-state index contributed by atoms with van der Waals surface area (Å²) in [7, 11) is 2.39. The molecular formula is C29H21ClN4O5. The molecule has 9 nitrogen and oxygen atoms in total. The van der Waals surface area contributed by atoms with Crippen molar-refractivity contribution < 1.29 is 23.5 Å². The van der Waals surface area contributed by atoms with Gasteiger partial charge in [0.1, 0.15) is 17.0 Å². The zero-order valence-corrected chi connectivity index (χ0v) is 21.6. The maximum atomic E-state index is 13.3. The number of methoxy groups -OCH3 is 2. The number of oxazole rings is 1. The number of halogens is 1. The van der Waals surface area contributed by atoms with E-state index >= 15 is 0 Å². The second-order valence-electron chi connectivity index (χ2n) is 8.52. The molecule has 194 valence electrons. The Labute approximate surface area is 228 Å². The Hall–Kier alpha value is -5.07. The lowest BCUT2D eigenvalue weighted by molar-refractivity contribution is -0.139. The molecule has 0 spiro atoms. The van der Waals surface area contributed by atoms with Crippen molar-refractivity contribution in [3.8, 4) is 17.5 Å². The van der Waals surface area contributed by atoms with Gasteiger partial charge in [-0.2, -0.15) is 5.26 Å². The first-order chi connectivity index (χ1) is 18.9. The highest BCUT2D eigenvalue weighted by Crippen LogP contribution is 2.43. The Morgan fingerprint density at radius 1 is 1.03 bits per heavy atom. The van der Waals surface area contributed by atoms with Gasteiger partial charge in [0, 0.05) is 22.3 Å². The van der Waals surface area contributed by atoms with E-state index in [9.17, 15) is 14.9 Å². The lowest BCUT2D eigenvalue weighted by atomic mass is 9.81. The van der Waals surface area contributed by atoms with Crippen molar-refractivity contribution in [2.45, 2.75) is 5.92 Å². The Balaban J connectivity index is 1.74. The van der Waals surface area contributed by atoms with E-state index in [-0.39, 0.29) is 22.7 Å². The van der Waals surface area contributed by atoms with Gasteiger partial charge >= 0.3 is 11.9 Å². The third-order valence-electron chi connectivity index (χ3n) is 6.31. The fourth-order valence-electron chi connectivity index (χ4n) is 4.58. The molecule has 5 rings (SSSR count). The smallest absolute Gasteiger partial charge is 0.355 e. The van der Waals surface area contributed by atoms with Crippen molar-refractivity contribution in [1.29, 1.82) is 5.26 Å². The molecule has 10 heteroatoms. The van der Waals surface area contributed by atoms with Gasteiger partial charge < -0.3 is 19.6 Å². The molecule has 0 bridgehead atoms. The second-order valence-corrected chi connectivity index (χ2v) is 8.95. The van der Waals surface area contributed by atoms with Crippen molar-refractivity contribution in [1.82, 2.24) is 4.98 Å². The minimum Gasteiger partial charge on any atom is -0.466 e. The van der Waals surface area contributed by atoms with Gasteiger partial charge in [0.05, 0.1) is 37.4 Å². The van der Waals surface area contributed by atoms with Crippen LogP contribution in [0.4, 0.5) is 5.69 Å². The lowest BCUT2D eigenvalue weighted by Crippen LogP contribution is -2.40. The molecule has 1 aliphatic heterocycles. The standard InChI is InChI=1S/C29H21ClN4O5/c1-37-28(35)24-23(16-7-4-3-5-8-16)20(15-31)26(32)34(25(24)29(36)38-2)19-10-6-9-17(13-19)27-33-21-12-11-18(30)14-22(21)39-27/h3-14,23H,32H2,1-2H3. The molecule has 4 aromatic rings. The maximum Gasteiger partial charge on any atom is 0.355 e. The van der Waals surface area contributed by atoms with Crippen LogP contribution in [0.1, 0.15) is 11.5 Å². The van der Waals surface area contributed by atoms with Crippen LogP contribution in [-0.4, -0.2) is 31.1 Å². The highest BCUT2D eigenvalue weighted by Gasteiger charge is 2.43. The van der Waals surface area contributed by atoms with E-state index in [1.165, 1.54) is 19.1 Å². The zero-order chi connectivity index (χ0) is 27.7. The van der Waals surface area contributed by atoms with Crippen LogP contribution in [0.3, 0.4) is 0 Å². The molecule has 1 unspecified atom stereocenters. The molecular weight excluding hydrogens is 520 g/mol. The van der Waals surface area contributed by atoms with Crippen LogP contribution in [0.5, 0.6) is 0 Å². The Kier molecular flexibility index (Phi) is 6.79. The predicted molar refractivity (Wildman–Crippen MR) is 144 cm³/mol. The number of carbonyl (C=O) groups excluding carboxylic acids is 2. The van der Waals surface area contributed by atoms with Gasteiger partial charge in [0.15, 0.2) is 5.58 Å². The molecule has 1 aliphatic rings. The number of rotatable bonds is 5. The normalized spacial score (nSPS) is 15.3. The highest BCUT2D eigenvalue weighted by molar-refractivity contribution is 6.31. The summed E-state index contributed by atoms with van der Waals surface area (Å²) in [5.74, 6) is -2.34. The minimum absolute atomic E-state index is 0.0408. The van der Waals surface area contributed by atoms with Gasteiger partial charge in [-0.25, -0.2) is 14.6 Å². The molecule has 3 aromatic carbocycles. The Morgan fingerprint density at radius 2 is 1.77 bits per heavy atom. The molecule has 2 heterocycles. The molecule has 1 aromatic heterocycles. The molecule has 1 atom stereocenters. The summed E-state index contributed by atoms with van der Waals surface area (Å²) < 4.78 is 16.1. The van der Waals surface area contributed by atoms with E-state index in [4.69, 9.17) is 31.2 Å². The quantitative estimate of drug-likeness (QED) is 0.345. The summed E-state index contributed by atoms with van der Waals surface area (Å²) in [5.41, 5.74) is 9.01. The van der Waals surface area contributed by atoms with Crippen LogP contribution in [0.25, 0.3) is 22.6 Å². The molecule has 0 radical (unpaired) electrons. The van der Waals surface area contributed by atoms with Crippen molar-refractivity contribution in [3.05, 3.63) is 106 Å². The number of benzene rings is 3. The fraction of sp³-hybridized carbons (Fsp3) is 0.103. The van der Waals surface area contributed by atoms with Crippen LogP contribution >= 0.6 is 11.6 Å². The summed E-state index contributed by atoms with van der Waals surface area (Å²) in [6.07, 6.45) is 0. The number of nitriles is 1. The number of hydrogen-bond acceptors (Lipinski definition) is 9. The van der Waals surface area contributed by atoms with Crippen molar-refractivity contribution in [2.24, 2.45) is 5.73 Å². The number of carbonyl (C=O) groups is 2. The predicted octanol–water partition coefficient (Wildman–Crippen LogP) is 5.05. The first-order valence-corrected chi connectivity index (χ1v) is 12.1. The summed E-state index contributed by atoms with van der Waals surface area (Å²) in [5, 5.41) is 10.7.